The van der Waals surface area contributed by atoms with Crippen molar-refractivity contribution in [1.82, 2.24) is 0 Å². The van der Waals surface area contributed by atoms with Gasteiger partial charge in [0, 0.05) is 7.11 Å². The summed E-state index contributed by atoms with van der Waals surface area (Å²) in [6.07, 6.45) is 8.06. The van der Waals surface area contributed by atoms with Crippen LogP contribution in [0.1, 0.15) is 38.5 Å². The number of hydrogen-bond acceptors (Lipinski definition) is 5. The number of hydrogen-bond donors (Lipinski definition) is 1. The van der Waals surface area contributed by atoms with E-state index in [1.165, 1.54) is 32.1 Å². The first-order chi connectivity index (χ1) is 10.9. The Kier molecular flexibility index (Phi) is 8.70. The van der Waals surface area contributed by atoms with Gasteiger partial charge in [-0.15, -0.1) is 0 Å². The van der Waals surface area contributed by atoms with E-state index in [1.807, 2.05) is 0 Å². The van der Waals surface area contributed by atoms with Crippen molar-refractivity contribution in [2.24, 2.45) is 11.8 Å². The van der Waals surface area contributed by atoms with Crippen LogP contribution >= 0.6 is 0 Å². The molecule has 0 bridgehead atoms. The van der Waals surface area contributed by atoms with Gasteiger partial charge in [-0.1, -0.05) is 12.8 Å². The Morgan fingerprint density at radius 2 is 1.36 bits per heavy atom. The van der Waals surface area contributed by atoms with E-state index in [9.17, 15) is 0 Å². The molecule has 0 aromatic rings. The molecular formula is C17H32O5. The molecule has 130 valence electrons. The Bertz CT molecular complexity index is 286. The van der Waals surface area contributed by atoms with E-state index in [4.69, 9.17) is 24.1 Å². The zero-order chi connectivity index (χ0) is 15.6. The van der Waals surface area contributed by atoms with Gasteiger partial charge in [-0.05, 0) is 37.5 Å². The predicted octanol–water partition coefficient (Wildman–Crippen LogP) is 2.01. The zero-order valence-corrected chi connectivity index (χ0v) is 13.9. The van der Waals surface area contributed by atoms with E-state index in [2.05, 4.69) is 0 Å². The summed E-state index contributed by atoms with van der Waals surface area (Å²) in [5, 5.41) is 8.70. The maximum Gasteiger partial charge on any atom is 0.0704 e. The van der Waals surface area contributed by atoms with Gasteiger partial charge in [0.15, 0.2) is 0 Å². The Labute approximate surface area is 134 Å². The summed E-state index contributed by atoms with van der Waals surface area (Å²) in [6.45, 7) is 3.05. The van der Waals surface area contributed by atoms with Gasteiger partial charge in [0.2, 0.25) is 0 Å². The molecule has 4 atom stereocenters. The maximum atomic E-state index is 8.70. The summed E-state index contributed by atoms with van der Waals surface area (Å²) < 4.78 is 22.5. The van der Waals surface area contributed by atoms with Crippen LogP contribution in [0.15, 0.2) is 0 Å². The average molecular weight is 316 g/mol. The molecule has 0 aliphatic heterocycles. The number of ether oxygens (including phenoxy) is 4. The average Bonchev–Trinajstić information content (AvgIpc) is 2.55. The van der Waals surface area contributed by atoms with Gasteiger partial charge in [0.05, 0.1) is 51.8 Å². The largest absolute Gasteiger partial charge is 0.394 e. The Balaban J connectivity index is 1.76. The molecule has 2 aliphatic carbocycles. The molecule has 22 heavy (non-hydrogen) atoms. The van der Waals surface area contributed by atoms with Crippen molar-refractivity contribution in [2.75, 3.05) is 46.8 Å². The summed E-state index contributed by atoms with van der Waals surface area (Å²) in [7, 11) is 1.72. The highest BCUT2D eigenvalue weighted by Crippen LogP contribution is 2.43. The summed E-state index contributed by atoms with van der Waals surface area (Å²) >= 11 is 0. The van der Waals surface area contributed by atoms with E-state index >= 15 is 0 Å². The second-order valence-electron chi connectivity index (χ2n) is 6.34. The third-order valence-electron chi connectivity index (χ3n) is 4.97. The number of aliphatic hydroxyl groups excluding tert-OH is 1. The van der Waals surface area contributed by atoms with Crippen molar-refractivity contribution in [1.29, 1.82) is 0 Å². The molecule has 2 rings (SSSR count). The van der Waals surface area contributed by atoms with Crippen molar-refractivity contribution in [2.45, 2.75) is 50.7 Å². The van der Waals surface area contributed by atoms with Gasteiger partial charge < -0.3 is 24.1 Å². The summed E-state index contributed by atoms with van der Waals surface area (Å²) in [5.74, 6) is 1.27. The van der Waals surface area contributed by atoms with Gasteiger partial charge in [-0.2, -0.15) is 0 Å². The third kappa shape index (κ3) is 5.46. The molecule has 0 heterocycles. The molecule has 5 heteroatoms. The van der Waals surface area contributed by atoms with Crippen LogP contribution in [0.4, 0.5) is 0 Å². The van der Waals surface area contributed by atoms with Crippen molar-refractivity contribution in [3.8, 4) is 0 Å². The fraction of sp³-hybridized carbons (Fsp3) is 1.00. The molecule has 2 aliphatic rings. The van der Waals surface area contributed by atoms with Crippen molar-refractivity contribution >= 4 is 0 Å². The lowest BCUT2D eigenvalue weighted by Crippen LogP contribution is -2.44. The topological polar surface area (TPSA) is 57.2 Å². The second kappa shape index (κ2) is 10.6. The first kappa shape index (κ1) is 18.1. The number of fused-ring (bicyclic) bond motifs is 1. The van der Waals surface area contributed by atoms with Gasteiger partial charge in [0.1, 0.15) is 0 Å². The third-order valence-corrected chi connectivity index (χ3v) is 4.97. The summed E-state index contributed by atoms with van der Waals surface area (Å²) in [6, 6.07) is 0. The van der Waals surface area contributed by atoms with Gasteiger partial charge in [-0.25, -0.2) is 0 Å². The molecule has 0 saturated heterocycles. The quantitative estimate of drug-likeness (QED) is 0.625. The number of methoxy groups -OCH3 is 1. The smallest absolute Gasteiger partial charge is 0.0704 e. The monoisotopic (exact) mass is 316 g/mol. The van der Waals surface area contributed by atoms with E-state index in [0.29, 0.717) is 57.1 Å². The molecule has 2 fully saturated rings. The first-order valence-corrected chi connectivity index (χ1v) is 8.77. The number of rotatable bonds is 10. The molecule has 0 amide bonds. The van der Waals surface area contributed by atoms with Gasteiger partial charge >= 0.3 is 0 Å². The minimum absolute atomic E-state index is 0.0780. The van der Waals surface area contributed by atoms with Crippen LogP contribution in [0.2, 0.25) is 0 Å². The van der Waals surface area contributed by atoms with Crippen molar-refractivity contribution in [3.05, 3.63) is 0 Å². The second-order valence-corrected chi connectivity index (χ2v) is 6.34. The highest BCUT2D eigenvalue weighted by Gasteiger charge is 2.41. The van der Waals surface area contributed by atoms with Crippen molar-refractivity contribution < 1.29 is 24.1 Å². The predicted molar refractivity (Wildman–Crippen MR) is 83.9 cm³/mol. The fourth-order valence-electron chi connectivity index (χ4n) is 4.01. The highest BCUT2D eigenvalue weighted by molar-refractivity contribution is 4.91. The van der Waals surface area contributed by atoms with E-state index in [1.54, 1.807) is 7.11 Å². The SMILES string of the molecule is COCCOC1CCCC2C(OCCOCCO)CCCC12. The molecule has 0 radical (unpaired) electrons. The Hall–Kier alpha value is -0.200. The molecule has 1 N–H and O–H groups in total. The standard InChI is InChI=1S/C17H32O5/c1-19-10-12-21-16-6-2-5-15-14(16)4-3-7-17(15)22-13-11-20-9-8-18/h14-18H,2-13H2,1H3. The van der Waals surface area contributed by atoms with Crippen molar-refractivity contribution in [3.63, 3.8) is 0 Å². The minimum Gasteiger partial charge on any atom is -0.394 e. The lowest BCUT2D eigenvalue weighted by molar-refractivity contribution is -0.115. The van der Waals surface area contributed by atoms with Crippen LogP contribution < -0.4 is 0 Å². The van der Waals surface area contributed by atoms with Crippen LogP contribution in [0.3, 0.4) is 0 Å². The maximum absolute atomic E-state index is 8.70. The van der Waals surface area contributed by atoms with E-state index in [0.717, 1.165) is 6.42 Å². The molecule has 5 nitrogen and oxygen atoms in total. The molecule has 0 spiro atoms. The van der Waals surface area contributed by atoms with E-state index in [-0.39, 0.29) is 6.61 Å². The Morgan fingerprint density at radius 3 is 1.91 bits per heavy atom. The lowest BCUT2D eigenvalue weighted by atomic mass is 9.68. The number of aliphatic hydroxyl groups is 1. The molecular weight excluding hydrogens is 284 g/mol. The van der Waals surface area contributed by atoms with Crippen LogP contribution in [-0.2, 0) is 18.9 Å². The molecule has 4 unspecified atom stereocenters. The fourth-order valence-corrected chi connectivity index (χ4v) is 4.01. The van der Waals surface area contributed by atoms with Crippen LogP contribution in [0.5, 0.6) is 0 Å². The van der Waals surface area contributed by atoms with Gasteiger partial charge in [0.25, 0.3) is 0 Å². The highest BCUT2D eigenvalue weighted by atomic mass is 16.5. The minimum atomic E-state index is 0.0780. The van der Waals surface area contributed by atoms with E-state index < -0.39 is 0 Å². The molecule has 0 aromatic carbocycles. The van der Waals surface area contributed by atoms with Gasteiger partial charge in [-0.3, -0.25) is 0 Å². The molecule has 0 aromatic heterocycles. The first-order valence-electron chi connectivity index (χ1n) is 8.77. The van der Waals surface area contributed by atoms with Crippen LogP contribution in [0.25, 0.3) is 0 Å². The van der Waals surface area contributed by atoms with Crippen LogP contribution in [-0.4, -0.2) is 64.1 Å². The zero-order valence-electron chi connectivity index (χ0n) is 13.9. The lowest BCUT2D eigenvalue weighted by Gasteiger charge is -2.45. The summed E-state index contributed by atoms with van der Waals surface area (Å²) in [4.78, 5) is 0. The summed E-state index contributed by atoms with van der Waals surface area (Å²) in [5.41, 5.74) is 0. The normalized spacial score (nSPS) is 31.9. The molecule has 2 saturated carbocycles. The Morgan fingerprint density at radius 1 is 0.773 bits per heavy atom. The van der Waals surface area contributed by atoms with Crippen LogP contribution in [0, 0.1) is 11.8 Å².